The first kappa shape index (κ1) is 14.4. The van der Waals surface area contributed by atoms with Crippen LogP contribution >= 0.6 is 11.8 Å². The predicted molar refractivity (Wildman–Crippen MR) is 87.0 cm³/mol. The van der Waals surface area contributed by atoms with E-state index in [-0.39, 0.29) is 0 Å². The lowest BCUT2D eigenvalue weighted by molar-refractivity contribution is 0.509. The molecule has 19 heavy (non-hydrogen) atoms. The summed E-state index contributed by atoms with van der Waals surface area (Å²) in [7, 11) is 0. The fourth-order valence-electron chi connectivity index (χ4n) is 2.44. The van der Waals surface area contributed by atoms with Crippen LogP contribution in [-0.2, 0) is 0 Å². The molecule has 2 rings (SSSR count). The Hall–Kier alpha value is -0.990. The van der Waals surface area contributed by atoms with Crippen molar-refractivity contribution >= 4 is 22.5 Å². The molecule has 0 aliphatic carbocycles. The molecule has 1 N–H and O–H groups in total. The predicted octanol–water partition coefficient (Wildman–Crippen LogP) is 4.71. The largest absolute Gasteiger partial charge is 0.313 e. The number of hydrogen-bond acceptors (Lipinski definition) is 2. The summed E-state index contributed by atoms with van der Waals surface area (Å²) in [6.07, 6.45) is 1.18. The van der Waals surface area contributed by atoms with E-state index in [1.165, 1.54) is 22.1 Å². The van der Waals surface area contributed by atoms with Crippen LogP contribution in [0.15, 0.2) is 47.4 Å². The summed E-state index contributed by atoms with van der Waals surface area (Å²) in [5, 5.41) is 6.81. The first-order valence-corrected chi connectivity index (χ1v) is 8.01. The van der Waals surface area contributed by atoms with Gasteiger partial charge >= 0.3 is 0 Å². The van der Waals surface area contributed by atoms with Gasteiger partial charge < -0.3 is 5.32 Å². The zero-order valence-electron chi connectivity index (χ0n) is 12.0. The second kappa shape index (κ2) is 6.97. The summed E-state index contributed by atoms with van der Waals surface area (Å²) < 4.78 is 0. The van der Waals surface area contributed by atoms with Gasteiger partial charge in [0.25, 0.3) is 0 Å². The Bertz CT molecular complexity index is 523. The Labute approximate surface area is 120 Å². The van der Waals surface area contributed by atoms with Gasteiger partial charge in [-0.3, -0.25) is 0 Å². The number of rotatable bonds is 6. The summed E-state index contributed by atoms with van der Waals surface area (Å²) >= 11 is 1.97. The first-order chi connectivity index (χ1) is 9.24. The second-order valence-corrected chi connectivity index (χ2v) is 6.36. The molecular formula is C17H23NS. The number of fused-ring (bicyclic) bond motifs is 1. The van der Waals surface area contributed by atoms with Crippen LogP contribution in [0.5, 0.6) is 0 Å². The van der Waals surface area contributed by atoms with E-state index in [4.69, 9.17) is 0 Å². The summed E-state index contributed by atoms with van der Waals surface area (Å²) in [5.41, 5.74) is 0. The molecule has 2 aromatic rings. The average Bonchev–Trinajstić information content (AvgIpc) is 2.44. The Balaban J connectivity index is 2.11. The standard InChI is InChI=1S/C17H23NS/c1-4-17(18-5-2)13(3)19-16-11-10-14-8-6-7-9-15(14)12-16/h6-13,17-18H,4-5H2,1-3H3. The van der Waals surface area contributed by atoms with Crippen molar-refractivity contribution in [2.45, 2.75) is 43.4 Å². The molecule has 0 bridgehead atoms. The quantitative estimate of drug-likeness (QED) is 0.765. The normalized spacial score (nSPS) is 14.5. The molecule has 2 unspecified atom stereocenters. The molecule has 0 radical (unpaired) electrons. The van der Waals surface area contributed by atoms with E-state index in [1.807, 2.05) is 11.8 Å². The van der Waals surface area contributed by atoms with Crippen molar-refractivity contribution in [3.8, 4) is 0 Å². The van der Waals surface area contributed by atoms with Gasteiger partial charge in [-0.15, -0.1) is 11.8 Å². The van der Waals surface area contributed by atoms with Gasteiger partial charge in [-0.25, -0.2) is 0 Å². The van der Waals surface area contributed by atoms with Crippen LogP contribution in [0.3, 0.4) is 0 Å². The van der Waals surface area contributed by atoms with E-state index in [1.54, 1.807) is 0 Å². The molecule has 0 saturated carbocycles. The molecule has 0 heterocycles. The van der Waals surface area contributed by atoms with Gasteiger partial charge in [0.2, 0.25) is 0 Å². The first-order valence-electron chi connectivity index (χ1n) is 7.13. The molecule has 0 spiro atoms. The SMILES string of the molecule is CCNC(CC)C(C)Sc1ccc2ccccc2c1. The maximum absolute atomic E-state index is 3.57. The topological polar surface area (TPSA) is 12.0 Å². The molecule has 1 nitrogen and oxygen atoms in total. The zero-order valence-corrected chi connectivity index (χ0v) is 12.8. The summed E-state index contributed by atoms with van der Waals surface area (Å²) in [4.78, 5) is 1.36. The van der Waals surface area contributed by atoms with E-state index in [2.05, 4.69) is 68.6 Å². The lowest BCUT2D eigenvalue weighted by atomic mass is 10.1. The Morgan fingerprint density at radius 1 is 1.05 bits per heavy atom. The average molecular weight is 273 g/mol. The lowest BCUT2D eigenvalue weighted by Gasteiger charge is -2.23. The highest BCUT2D eigenvalue weighted by atomic mass is 32.2. The van der Waals surface area contributed by atoms with Crippen LogP contribution in [0, 0.1) is 0 Å². The Kier molecular flexibility index (Phi) is 5.29. The van der Waals surface area contributed by atoms with Gasteiger partial charge in [0.15, 0.2) is 0 Å². The van der Waals surface area contributed by atoms with Crippen molar-refractivity contribution in [1.82, 2.24) is 5.32 Å². The van der Waals surface area contributed by atoms with Crippen molar-refractivity contribution < 1.29 is 0 Å². The highest BCUT2D eigenvalue weighted by molar-refractivity contribution is 8.00. The van der Waals surface area contributed by atoms with Gasteiger partial charge in [-0.1, -0.05) is 51.1 Å². The number of nitrogens with one attached hydrogen (secondary N) is 1. The minimum atomic E-state index is 0.585. The third-order valence-corrected chi connectivity index (χ3v) is 4.74. The zero-order chi connectivity index (χ0) is 13.7. The van der Waals surface area contributed by atoms with Gasteiger partial charge in [-0.2, -0.15) is 0 Å². The Morgan fingerprint density at radius 2 is 1.79 bits per heavy atom. The van der Waals surface area contributed by atoms with E-state index in [0.29, 0.717) is 11.3 Å². The molecule has 0 aliphatic rings. The minimum absolute atomic E-state index is 0.585. The van der Waals surface area contributed by atoms with E-state index >= 15 is 0 Å². The smallest absolute Gasteiger partial charge is 0.0220 e. The van der Waals surface area contributed by atoms with Crippen LogP contribution in [0.25, 0.3) is 10.8 Å². The van der Waals surface area contributed by atoms with Gasteiger partial charge in [0, 0.05) is 16.2 Å². The molecule has 2 heteroatoms. The van der Waals surface area contributed by atoms with Crippen LogP contribution in [-0.4, -0.2) is 17.8 Å². The van der Waals surface area contributed by atoms with Crippen LogP contribution in [0.1, 0.15) is 27.2 Å². The highest BCUT2D eigenvalue weighted by Crippen LogP contribution is 2.29. The van der Waals surface area contributed by atoms with E-state index < -0.39 is 0 Å². The summed E-state index contributed by atoms with van der Waals surface area (Å²) in [6, 6.07) is 15.9. The monoisotopic (exact) mass is 273 g/mol. The Morgan fingerprint density at radius 3 is 2.47 bits per heavy atom. The van der Waals surface area contributed by atoms with E-state index in [9.17, 15) is 0 Å². The van der Waals surface area contributed by atoms with Gasteiger partial charge in [0.1, 0.15) is 0 Å². The number of benzene rings is 2. The lowest BCUT2D eigenvalue weighted by Crippen LogP contribution is -2.35. The summed E-state index contributed by atoms with van der Waals surface area (Å²) in [6.45, 7) is 7.79. The molecule has 0 aliphatic heterocycles. The maximum atomic E-state index is 3.57. The van der Waals surface area contributed by atoms with Crippen LogP contribution in [0.4, 0.5) is 0 Å². The fraction of sp³-hybridized carbons (Fsp3) is 0.412. The number of hydrogen-bond donors (Lipinski definition) is 1. The maximum Gasteiger partial charge on any atom is 0.0220 e. The van der Waals surface area contributed by atoms with Crippen LogP contribution < -0.4 is 5.32 Å². The highest BCUT2D eigenvalue weighted by Gasteiger charge is 2.15. The molecule has 0 saturated heterocycles. The molecule has 2 aromatic carbocycles. The van der Waals surface area contributed by atoms with Crippen molar-refractivity contribution in [3.63, 3.8) is 0 Å². The van der Waals surface area contributed by atoms with Crippen molar-refractivity contribution in [3.05, 3.63) is 42.5 Å². The van der Waals surface area contributed by atoms with Crippen molar-refractivity contribution in [2.75, 3.05) is 6.54 Å². The molecule has 0 amide bonds. The third kappa shape index (κ3) is 3.74. The molecule has 102 valence electrons. The molecule has 2 atom stereocenters. The van der Waals surface area contributed by atoms with E-state index in [0.717, 1.165) is 6.54 Å². The fourth-order valence-corrected chi connectivity index (χ4v) is 3.67. The van der Waals surface area contributed by atoms with Crippen LogP contribution in [0.2, 0.25) is 0 Å². The van der Waals surface area contributed by atoms with Crippen molar-refractivity contribution in [1.29, 1.82) is 0 Å². The minimum Gasteiger partial charge on any atom is -0.313 e. The third-order valence-electron chi connectivity index (χ3n) is 3.52. The van der Waals surface area contributed by atoms with Gasteiger partial charge in [0.05, 0.1) is 0 Å². The van der Waals surface area contributed by atoms with Crippen molar-refractivity contribution in [2.24, 2.45) is 0 Å². The number of thioether (sulfide) groups is 1. The molecule has 0 aromatic heterocycles. The van der Waals surface area contributed by atoms with Gasteiger partial charge in [-0.05, 0) is 35.9 Å². The molecular weight excluding hydrogens is 250 g/mol. The molecule has 0 fully saturated rings. The summed E-state index contributed by atoms with van der Waals surface area (Å²) in [5.74, 6) is 0. The second-order valence-electron chi connectivity index (χ2n) is 4.90.